The number of aryl methyl sites for hydroxylation is 1. The normalized spacial score (nSPS) is 19.2. The minimum Gasteiger partial charge on any atom is -0.478 e. The van der Waals surface area contributed by atoms with Crippen LogP contribution in [0, 0.1) is 0 Å². The van der Waals surface area contributed by atoms with E-state index in [-0.39, 0.29) is 39.7 Å². The number of carbonyl (C=O) groups is 2. The molecule has 1 amide bonds. The Bertz CT molecular complexity index is 920. The van der Waals surface area contributed by atoms with Gasteiger partial charge in [-0.25, -0.2) is 14.8 Å². The molecule has 3 rings (SSSR count). The summed E-state index contributed by atoms with van der Waals surface area (Å²) < 4.78 is 5.56. The van der Waals surface area contributed by atoms with Gasteiger partial charge in [-0.2, -0.15) is 0 Å². The van der Waals surface area contributed by atoms with Crippen molar-refractivity contribution in [1.29, 1.82) is 0 Å². The van der Waals surface area contributed by atoms with Crippen molar-refractivity contribution in [2.45, 2.75) is 31.9 Å². The molecule has 3 N–H and O–H groups in total. The third kappa shape index (κ3) is 4.80. The Balaban J connectivity index is 1.71. The number of aromatic carboxylic acids is 1. The molecule has 0 radical (unpaired) electrons. The molecule has 9 nitrogen and oxygen atoms in total. The standard InChI is InChI=1S/C18H21Cl2N5O4/c1-3-10-15(20)24-16(21-10)17(26)22-11-4-5-25(8-12(11)29-2)14-7-9(18(27)28)6-13(19)23-14/h6-7,11-12H,3-5,8H2,1-2H3,(H,21,24)(H,22,26)(H,27,28)/t11?,12-/m0/s1. The molecule has 1 unspecified atom stereocenters. The van der Waals surface area contributed by atoms with Gasteiger partial charge in [-0.1, -0.05) is 30.1 Å². The molecular formula is C18H21Cl2N5O4. The van der Waals surface area contributed by atoms with E-state index in [1.807, 2.05) is 11.8 Å². The molecule has 1 aliphatic rings. The molecule has 1 fully saturated rings. The number of hydrogen-bond donors (Lipinski definition) is 3. The number of H-pyrrole nitrogens is 1. The maximum atomic E-state index is 12.5. The Labute approximate surface area is 177 Å². The zero-order valence-electron chi connectivity index (χ0n) is 15.9. The molecule has 3 heterocycles. The first-order valence-corrected chi connectivity index (χ1v) is 9.81. The zero-order chi connectivity index (χ0) is 21.1. The monoisotopic (exact) mass is 441 g/mol. The van der Waals surface area contributed by atoms with Gasteiger partial charge in [-0.05, 0) is 25.0 Å². The van der Waals surface area contributed by atoms with Gasteiger partial charge in [0.25, 0.3) is 5.91 Å². The van der Waals surface area contributed by atoms with Gasteiger partial charge in [0, 0.05) is 20.2 Å². The maximum absolute atomic E-state index is 12.5. The number of aromatic nitrogens is 3. The molecule has 0 aliphatic carbocycles. The minimum absolute atomic E-state index is 0.0609. The average Bonchev–Trinajstić information content (AvgIpc) is 3.08. The van der Waals surface area contributed by atoms with Crippen molar-refractivity contribution in [3.8, 4) is 0 Å². The van der Waals surface area contributed by atoms with Crippen molar-refractivity contribution in [2.75, 3.05) is 25.1 Å². The van der Waals surface area contributed by atoms with Crippen molar-refractivity contribution in [3.63, 3.8) is 0 Å². The second kappa shape index (κ2) is 8.98. The molecule has 2 aromatic rings. The van der Waals surface area contributed by atoms with Crippen LogP contribution in [0.2, 0.25) is 10.3 Å². The summed E-state index contributed by atoms with van der Waals surface area (Å²) in [5.74, 6) is -0.829. The molecule has 0 spiro atoms. The Morgan fingerprint density at radius 1 is 1.38 bits per heavy atom. The van der Waals surface area contributed by atoms with E-state index in [0.29, 0.717) is 37.4 Å². The number of anilines is 1. The van der Waals surface area contributed by atoms with Crippen molar-refractivity contribution in [3.05, 3.63) is 39.5 Å². The van der Waals surface area contributed by atoms with Crippen LogP contribution in [0.3, 0.4) is 0 Å². The van der Waals surface area contributed by atoms with Crippen LogP contribution in [0.15, 0.2) is 12.1 Å². The van der Waals surface area contributed by atoms with Gasteiger partial charge in [-0.3, -0.25) is 4.79 Å². The van der Waals surface area contributed by atoms with E-state index in [4.69, 9.17) is 27.9 Å². The van der Waals surface area contributed by atoms with E-state index in [1.165, 1.54) is 12.1 Å². The second-order valence-electron chi connectivity index (χ2n) is 6.64. The van der Waals surface area contributed by atoms with Gasteiger partial charge >= 0.3 is 5.97 Å². The molecule has 2 atom stereocenters. The number of nitrogens with zero attached hydrogens (tertiary/aromatic N) is 3. The third-order valence-electron chi connectivity index (χ3n) is 4.83. The number of ether oxygens (including phenoxy) is 1. The predicted molar refractivity (Wildman–Crippen MR) is 108 cm³/mol. The lowest BCUT2D eigenvalue weighted by atomic mass is 10.0. The van der Waals surface area contributed by atoms with E-state index in [0.717, 1.165) is 0 Å². The van der Waals surface area contributed by atoms with Crippen LogP contribution < -0.4 is 10.2 Å². The Hall–Kier alpha value is -2.36. The van der Waals surface area contributed by atoms with E-state index in [2.05, 4.69) is 20.3 Å². The topological polar surface area (TPSA) is 120 Å². The fourth-order valence-electron chi connectivity index (χ4n) is 3.26. The number of nitrogens with one attached hydrogen (secondary N) is 2. The number of pyridine rings is 1. The van der Waals surface area contributed by atoms with Crippen LogP contribution in [0.1, 0.15) is 40.0 Å². The summed E-state index contributed by atoms with van der Waals surface area (Å²) in [4.78, 5) is 36.9. The van der Waals surface area contributed by atoms with Gasteiger partial charge in [0.15, 0.2) is 11.0 Å². The highest BCUT2D eigenvalue weighted by Crippen LogP contribution is 2.24. The number of amides is 1. The molecular weight excluding hydrogens is 421 g/mol. The Morgan fingerprint density at radius 3 is 2.76 bits per heavy atom. The summed E-state index contributed by atoms with van der Waals surface area (Å²) >= 11 is 12.0. The number of rotatable bonds is 6. The number of carboxylic acid groups (broad SMARTS) is 1. The molecule has 0 bridgehead atoms. The van der Waals surface area contributed by atoms with Gasteiger partial charge in [-0.15, -0.1) is 0 Å². The van der Waals surface area contributed by atoms with Crippen LogP contribution in [-0.2, 0) is 11.2 Å². The van der Waals surface area contributed by atoms with Crippen LogP contribution in [-0.4, -0.2) is 64.3 Å². The summed E-state index contributed by atoms with van der Waals surface area (Å²) in [6, 6.07) is 2.51. The number of halogens is 2. The Kier molecular flexibility index (Phi) is 6.61. The van der Waals surface area contributed by atoms with Crippen molar-refractivity contribution < 1.29 is 19.4 Å². The molecule has 156 valence electrons. The first-order chi connectivity index (χ1) is 13.8. The van der Waals surface area contributed by atoms with Crippen molar-refractivity contribution in [2.24, 2.45) is 0 Å². The van der Waals surface area contributed by atoms with Gasteiger partial charge in [0.1, 0.15) is 11.0 Å². The van der Waals surface area contributed by atoms with Crippen LogP contribution in [0.5, 0.6) is 0 Å². The maximum Gasteiger partial charge on any atom is 0.335 e. The summed E-state index contributed by atoms with van der Waals surface area (Å²) in [6.07, 6.45) is 0.872. The Morgan fingerprint density at radius 2 is 2.14 bits per heavy atom. The number of carbonyl (C=O) groups excluding carboxylic acids is 1. The number of imidazole rings is 1. The fourth-order valence-corrected chi connectivity index (χ4v) is 3.73. The highest BCUT2D eigenvalue weighted by molar-refractivity contribution is 6.30. The molecule has 11 heteroatoms. The lowest BCUT2D eigenvalue weighted by Gasteiger charge is -2.38. The molecule has 1 aliphatic heterocycles. The van der Waals surface area contributed by atoms with Crippen molar-refractivity contribution in [1.82, 2.24) is 20.3 Å². The molecule has 0 aromatic carbocycles. The number of piperidine rings is 1. The van der Waals surface area contributed by atoms with Crippen LogP contribution >= 0.6 is 23.2 Å². The third-order valence-corrected chi connectivity index (χ3v) is 5.33. The molecule has 1 saturated heterocycles. The van der Waals surface area contributed by atoms with E-state index < -0.39 is 5.97 Å². The number of hydrogen-bond acceptors (Lipinski definition) is 6. The molecule has 29 heavy (non-hydrogen) atoms. The first-order valence-electron chi connectivity index (χ1n) is 9.06. The quantitative estimate of drug-likeness (QED) is 0.588. The van der Waals surface area contributed by atoms with E-state index in [9.17, 15) is 14.7 Å². The first kappa shape index (κ1) is 21.4. The molecule has 0 saturated carbocycles. The van der Waals surface area contributed by atoms with Gasteiger partial charge in [0.2, 0.25) is 0 Å². The highest BCUT2D eigenvalue weighted by Gasteiger charge is 2.32. The number of aromatic amines is 1. The largest absolute Gasteiger partial charge is 0.478 e. The SMILES string of the molecule is CCc1[nH]c(C(=O)NC2CCN(c3cc(C(=O)O)cc(Cl)n3)C[C@@H]2OC)nc1Cl. The zero-order valence-corrected chi connectivity index (χ0v) is 17.4. The number of carboxylic acids is 1. The average molecular weight is 442 g/mol. The van der Waals surface area contributed by atoms with Crippen LogP contribution in [0.4, 0.5) is 5.82 Å². The second-order valence-corrected chi connectivity index (χ2v) is 7.38. The fraction of sp³-hybridized carbons (Fsp3) is 0.444. The van der Waals surface area contributed by atoms with E-state index >= 15 is 0 Å². The summed E-state index contributed by atoms with van der Waals surface area (Å²) in [5.41, 5.74) is 0.766. The summed E-state index contributed by atoms with van der Waals surface area (Å²) in [5, 5.41) is 12.5. The minimum atomic E-state index is -1.08. The van der Waals surface area contributed by atoms with E-state index in [1.54, 1.807) is 7.11 Å². The smallest absolute Gasteiger partial charge is 0.335 e. The summed E-state index contributed by atoms with van der Waals surface area (Å²) in [7, 11) is 1.56. The molecule has 2 aromatic heterocycles. The van der Waals surface area contributed by atoms with Crippen LogP contribution in [0.25, 0.3) is 0 Å². The summed E-state index contributed by atoms with van der Waals surface area (Å²) in [6.45, 7) is 2.86. The predicted octanol–water partition coefficient (Wildman–Crippen LogP) is 2.40. The van der Waals surface area contributed by atoms with Gasteiger partial charge < -0.3 is 25.0 Å². The van der Waals surface area contributed by atoms with Crippen molar-refractivity contribution >= 4 is 40.9 Å². The lowest BCUT2D eigenvalue weighted by molar-refractivity contribution is 0.0536. The van der Waals surface area contributed by atoms with Gasteiger partial charge in [0.05, 0.1) is 23.4 Å². The number of methoxy groups -OCH3 is 1. The lowest BCUT2D eigenvalue weighted by Crippen LogP contribution is -2.55. The highest BCUT2D eigenvalue weighted by atomic mass is 35.5.